The Morgan fingerprint density at radius 1 is 1.20 bits per heavy atom. The summed E-state index contributed by atoms with van der Waals surface area (Å²) in [5.74, 6) is 0.534. The topological polar surface area (TPSA) is 124 Å². The average Bonchev–Trinajstić information content (AvgIpc) is 3.13. The van der Waals surface area contributed by atoms with Crippen molar-refractivity contribution >= 4 is 11.8 Å². The minimum absolute atomic E-state index is 0.0623. The van der Waals surface area contributed by atoms with E-state index in [0.717, 1.165) is 28.1 Å². The monoisotopic (exact) mass is 414 g/mol. The molecule has 1 atom stereocenters. The van der Waals surface area contributed by atoms with E-state index in [1.54, 1.807) is 0 Å². The van der Waals surface area contributed by atoms with Gasteiger partial charge in [-0.15, -0.1) is 5.10 Å². The highest BCUT2D eigenvalue weighted by molar-refractivity contribution is 7.98. The van der Waals surface area contributed by atoms with Gasteiger partial charge in [-0.1, -0.05) is 42.1 Å². The van der Waals surface area contributed by atoms with Crippen LogP contribution in [0.1, 0.15) is 39.6 Å². The molecule has 0 saturated heterocycles. The Morgan fingerprint density at radius 2 is 1.97 bits per heavy atom. The van der Waals surface area contributed by atoms with Crippen molar-refractivity contribution in [3.63, 3.8) is 0 Å². The van der Waals surface area contributed by atoms with Gasteiger partial charge in [0.2, 0.25) is 11.8 Å². The maximum atomic E-state index is 9.73. The number of pyridine rings is 1. The van der Waals surface area contributed by atoms with Gasteiger partial charge in [-0.25, -0.2) is 4.98 Å². The minimum Gasteiger partial charge on any atom is -0.420 e. The van der Waals surface area contributed by atoms with Crippen molar-refractivity contribution in [2.45, 2.75) is 30.5 Å². The second kappa shape index (κ2) is 7.94. The van der Waals surface area contributed by atoms with Crippen LogP contribution in [0, 0.1) is 36.5 Å². The quantitative estimate of drug-likeness (QED) is 0.622. The second-order valence-corrected chi connectivity index (χ2v) is 7.88. The van der Waals surface area contributed by atoms with E-state index in [-0.39, 0.29) is 11.8 Å². The van der Waals surface area contributed by atoms with Gasteiger partial charge in [-0.2, -0.15) is 10.5 Å². The highest BCUT2D eigenvalue weighted by Crippen LogP contribution is 2.44. The number of nitriles is 2. The van der Waals surface area contributed by atoms with Gasteiger partial charge in [0.1, 0.15) is 22.7 Å². The third-order valence-corrected chi connectivity index (χ3v) is 5.93. The van der Waals surface area contributed by atoms with Crippen LogP contribution >= 0.6 is 11.8 Å². The van der Waals surface area contributed by atoms with E-state index in [1.807, 2.05) is 50.2 Å². The van der Waals surface area contributed by atoms with Crippen LogP contribution in [0.4, 0.5) is 0 Å². The highest BCUT2D eigenvalue weighted by Gasteiger charge is 2.35. The molecule has 0 bridgehead atoms. The number of ether oxygens (including phenoxy) is 1. The number of aromatic nitrogens is 3. The molecule has 0 fully saturated rings. The molecule has 3 heterocycles. The normalized spacial score (nSPS) is 15.1. The number of thioether (sulfide) groups is 1. The van der Waals surface area contributed by atoms with Gasteiger partial charge in [-0.3, -0.25) is 5.10 Å². The molecule has 30 heavy (non-hydrogen) atoms. The Balaban J connectivity index is 1.74. The van der Waals surface area contributed by atoms with E-state index in [2.05, 4.69) is 27.3 Å². The average molecular weight is 414 g/mol. The molecule has 0 radical (unpaired) electrons. The lowest BCUT2D eigenvalue weighted by molar-refractivity contribution is 0.379. The number of hydrogen-bond donors (Lipinski definition) is 2. The standard InChI is InChI=1S/C22H18N6OS/c1-12-8-13(2)26-22(15(12)9-23)30-11-17-19-18(14-6-4-3-5-7-14)16(10-24)20(25)29-21(19)28-27-17/h3-8,18H,11,25H2,1-2H3,(H,27,28)/t18-/m0/s1. The Labute approximate surface area is 178 Å². The van der Waals surface area contributed by atoms with E-state index in [1.165, 1.54) is 11.8 Å². The predicted octanol–water partition coefficient (Wildman–Crippen LogP) is 3.80. The third-order valence-electron chi connectivity index (χ3n) is 4.93. The van der Waals surface area contributed by atoms with Crippen molar-refractivity contribution in [1.29, 1.82) is 10.5 Å². The molecule has 148 valence electrons. The summed E-state index contributed by atoms with van der Waals surface area (Å²) >= 11 is 1.45. The lowest BCUT2D eigenvalue weighted by atomic mass is 9.84. The lowest BCUT2D eigenvalue weighted by Crippen LogP contribution is -2.21. The largest absolute Gasteiger partial charge is 0.420 e. The Bertz CT molecular complexity index is 1230. The molecule has 0 saturated carbocycles. The first kappa shape index (κ1) is 19.6. The van der Waals surface area contributed by atoms with E-state index >= 15 is 0 Å². The van der Waals surface area contributed by atoms with Crippen LogP contribution in [-0.2, 0) is 5.75 Å². The molecular formula is C22H18N6OS. The van der Waals surface area contributed by atoms with Crippen molar-refractivity contribution in [1.82, 2.24) is 15.2 Å². The van der Waals surface area contributed by atoms with Crippen molar-refractivity contribution in [2.75, 3.05) is 0 Å². The molecule has 1 aliphatic heterocycles. The van der Waals surface area contributed by atoms with Crippen LogP contribution in [0.15, 0.2) is 52.9 Å². The number of hydrogen-bond acceptors (Lipinski definition) is 7. The van der Waals surface area contributed by atoms with Crippen LogP contribution in [0.3, 0.4) is 0 Å². The zero-order valence-corrected chi connectivity index (χ0v) is 17.2. The summed E-state index contributed by atoms with van der Waals surface area (Å²) in [7, 11) is 0. The van der Waals surface area contributed by atoms with Gasteiger partial charge in [0.05, 0.1) is 22.7 Å². The van der Waals surface area contributed by atoms with Crippen LogP contribution in [0.5, 0.6) is 5.88 Å². The van der Waals surface area contributed by atoms with Crippen molar-refractivity contribution in [3.8, 4) is 18.0 Å². The SMILES string of the molecule is Cc1cc(C)c(C#N)c(SCc2[nH]nc3c2[C@@H](c2ccccc2)C(C#N)=C(N)O3)n1. The molecule has 0 spiro atoms. The molecule has 7 nitrogen and oxygen atoms in total. The Hall–Kier alpha value is -3.75. The van der Waals surface area contributed by atoms with E-state index in [4.69, 9.17) is 10.5 Å². The Kier molecular flexibility index (Phi) is 5.18. The Morgan fingerprint density at radius 3 is 2.67 bits per heavy atom. The summed E-state index contributed by atoms with van der Waals surface area (Å²) in [5.41, 5.74) is 11.2. The molecule has 8 heteroatoms. The molecule has 4 rings (SSSR count). The van der Waals surface area contributed by atoms with Crippen LogP contribution < -0.4 is 10.5 Å². The zero-order valence-electron chi connectivity index (χ0n) is 16.4. The summed E-state index contributed by atoms with van der Waals surface area (Å²) < 4.78 is 5.62. The predicted molar refractivity (Wildman–Crippen MR) is 112 cm³/mol. The summed E-state index contributed by atoms with van der Waals surface area (Å²) in [6.45, 7) is 3.81. The summed E-state index contributed by atoms with van der Waals surface area (Å²) in [5, 5.41) is 27.2. The first-order valence-electron chi connectivity index (χ1n) is 9.24. The zero-order chi connectivity index (χ0) is 21.3. The lowest BCUT2D eigenvalue weighted by Gasteiger charge is -2.24. The molecule has 3 aromatic rings. The van der Waals surface area contributed by atoms with Gasteiger partial charge < -0.3 is 10.5 Å². The molecule has 0 aliphatic carbocycles. The van der Waals surface area contributed by atoms with Crippen LogP contribution in [0.2, 0.25) is 0 Å². The summed E-state index contributed by atoms with van der Waals surface area (Å²) in [6.07, 6.45) is 0. The number of aromatic amines is 1. The fraction of sp³-hybridized carbons (Fsp3) is 0.182. The first-order chi connectivity index (χ1) is 14.5. The first-order valence-corrected chi connectivity index (χ1v) is 10.2. The molecule has 1 aliphatic rings. The fourth-order valence-electron chi connectivity index (χ4n) is 3.58. The molecule has 2 aromatic heterocycles. The molecule has 0 unspecified atom stereocenters. The number of H-pyrrole nitrogens is 1. The molecular weight excluding hydrogens is 396 g/mol. The van der Waals surface area contributed by atoms with Crippen molar-refractivity contribution in [3.05, 3.63) is 81.5 Å². The smallest absolute Gasteiger partial charge is 0.244 e. The van der Waals surface area contributed by atoms with E-state index < -0.39 is 0 Å². The number of aryl methyl sites for hydroxylation is 2. The van der Waals surface area contributed by atoms with Crippen LogP contribution in [-0.4, -0.2) is 15.2 Å². The summed E-state index contributed by atoms with van der Waals surface area (Å²) in [4.78, 5) is 4.53. The van der Waals surface area contributed by atoms with E-state index in [9.17, 15) is 10.5 Å². The van der Waals surface area contributed by atoms with Gasteiger partial charge in [-0.05, 0) is 31.0 Å². The molecule has 3 N–H and O–H groups in total. The minimum atomic E-state index is -0.378. The summed E-state index contributed by atoms with van der Waals surface area (Å²) in [6, 6.07) is 16.0. The number of nitrogens with zero attached hydrogens (tertiary/aromatic N) is 4. The number of benzene rings is 1. The van der Waals surface area contributed by atoms with Gasteiger partial charge in [0, 0.05) is 11.4 Å². The van der Waals surface area contributed by atoms with Crippen molar-refractivity contribution < 1.29 is 4.74 Å². The number of nitrogens with two attached hydrogens (primary N) is 1. The number of nitrogens with one attached hydrogen (secondary N) is 1. The van der Waals surface area contributed by atoms with Crippen molar-refractivity contribution in [2.24, 2.45) is 5.73 Å². The maximum absolute atomic E-state index is 9.73. The van der Waals surface area contributed by atoms with Gasteiger partial charge in [0.15, 0.2) is 0 Å². The van der Waals surface area contributed by atoms with Crippen LogP contribution in [0.25, 0.3) is 0 Å². The number of fused-ring (bicyclic) bond motifs is 1. The maximum Gasteiger partial charge on any atom is 0.244 e. The number of allylic oxidation sites excluding steroid dienone is 1. The van der Waals surface area contributed by atoms with Gasteiger partial charge in [0.25, 0.3) is 0 Å². The highest BCUT2D eigenvalue weighted by atomic mass is 32.2. The second-order valence-electron chi connectivity index (χ2n) is 6.92. The molecule has 0 amide bonds. The molecule has 1 aromatic carbocycles. The van der Waals surface area contributed by atoms with Gasteiger partial charge >= 0.3 is 0 Å². The fourth-order valence-corrected chi connectivity index (χ4v) is 4.64. The number of rotatable bonds is 4. The van der Waals surface area contributed by atoms with E-state index in [0.29, 0.717) is 27.8 Å². The third kappa shape index (κ3) is 3.38.